The van der Waals surface area contributed by atoms with Crippen LogP contribution in [0.1, 0.15) is 25.3 Å². The number of benzene rings is 2. The predicted molar refractivity (Wildman–Crippen MR) is 101 cm³/mol. The summed E-state index contributed by atoms with van der Waals surface area (Å²) in [6, 6.07) is 14.0. The number of carbonyl (C=O) groups excluding carboxylic acids is 1. The average Bonchev–Trinajstić information content (AvgIpc) is 2.60. The second-order valence-electron chi connectivity index (χ2n) is 6.05. The number of ether oxygens (including phenoxy) is 1. The van der Waals surface area contributed by atoms with E-state index in [0.29, 0.717) is 17.9 Å². The third-order valence-electron chi connectivity index (χ3n) is 3.75. The minimum Gasteiger partial charge on any atom is -0.480 e. The first-order valence-electron chi connectivity index (χ1n) is 8.58. The summed E-state index contributed by atoms with van der Waals surface area (Å²) in [5.41, 5.74) is 1.73. The lowest BCUT2D eigenvalue weighted by molar-refractivity contribution is -0.139. The smallest absolute Gasteiger partial charge is 0.320 e. The van der Waals surface area contributed by atoms with E-state index in [1.807, 2.05) is 38.1 Å². The largest absolute Gasteiger partial charge is 0.480 e. The van der Waals surface area contributed by atoms with Gasteiger partial charge in [-0.2, -0.15) is 0 Å². The molecule has 6 heteroatoms. The van der Waals surface area contributed by atoms with Gasteiger partial charge in [0.05, 0.1) is 6.54 Å². The topological polar surface area (TPSA) is 87.7 Å². The van der Waals surface area contributed by atoms with Gasteiger partial charge in [0.2, 0.25) is 5.91 Å². The van der Waals surface area contributed by atoms with Gasteiger partial charge in [0.25, 0.3) is 0 Å². The molecule has 0 saturated heterocycles. The van der Waals surface area contributed by atoms with Crippen molar-refractivity contribution < 1.29 is 19.4 Å². The molecule has 1 unspecified atom stereocenters. The molecule has 0 aromatic heterocycles. The summed E-state index contributed by atoms with van der Waals surface area (Å²) < 4.78 is 5.76. The van der Waals surface area contributed by atoms with E-state index in [-0.39, 0.29) is 12.5 Å². The monoisotopic (exact) mass is 356 g/mol. The van der Waals surface area contributed by atoms with E-state index in [1.165, 1.54) is 0 Å². The Morgan fingerprint density at radius 3 is 2.46 bits per heavy atom. The van der Waals surface area contributed by atoms with Gasteiger partial charge in [-0.1, -0.05) is 25.5 Å². The molecule has 3 N–H and O–H groups in total. The van der Waals surface area contributed by atoms with Crippen molar-refractivity contribution in [2.24, 2.45) is 0 Å². The molecule has 0 radical (unpaired) electrons. The number of carboxylic acids is 1. The fourth-order valence-electron chi connectivity index (χ4n) is 2.44. The van der Waals surface area contributed by atoms with Gasteiger partial charge in [0.1, 0.15) is 17.5 Å². The van der Waals surface area contributed by atoms with Crippen LogP contribution in [0.2, 0.25) is 0 Å². The number of carboxylic acid groups (broad SMARTS) is 1. The van der Waals surface area contributed by atoms with E-state index in [2.05, 4.69) is 10.6 Å². The highest BCUT2D eigenvalue weighted by molar-refractivity contribution is 5.92. The van der Waals surface area contributed by atoms with Crippen molar-refractivity contribution in [1.82, 2.24) is 5.32 Å². The van der Waals surface area contributed by atoms with Crippen molar-refractivity contribution >= 4 is 17.6 Å². The molecule has 2 aromatic carbocycles. The van der Waals surface area contributed by atoms with E-state index >= 15 is 0 Å². The number of carbonyl (C=O) groups is 2. The van der Waals surface area contributed by atoms with Gasteiger partial charge in [0.15, 0.2) is 0 Å². The van der Waals surface area contributed by atoms with Crippen molar-refractivity contribution in [3.05, 3.63) is 54.1 Å². The van der Waals surface area contributed by atoms with Crippen LogP contribution < -0.4 is 15.4 Å². The van der Waals surface area contributed by atoms with Crippen LogP contribution in [-0.4, -0.2) is 29.6 Å². The Morgan fingerprint density at radius 2 is 1.85 bits per heavy atom. The number of anilines is 1. The highest BCUT2D eigenvalue weighted by Crippen LogP contribution is 2.23. The first-order valence-corrected chi connectivity index (χ1v) is 8.58. The lowest BCUT2D eigenvalue weighted by Crippen LogP contribution is -2.41. The molecule has 0 aliphatic rings. The van der Waals surface area contributed by atoms with E-state index in [0.717, 1.165) is 17.7 Å². The van der Waals surface area contributed by atoms with Crippen LogP contribution in [0.15, 0.2) is 48.5 Å². The molecule has 0 aliphatic carbocycles. The molecule has 0 heterocycles. The molecule has 2 aromatic rings. The molecule has 1 amide bonds. The Balaban J connectivity index is 1.86. The van der Waals surface area contributed by atoms with Gasteiger partial charge in [0, 0.05) is 5.69 Å². The first kappa shape index (κ1) is 19.5. The van der Waals surface area contributed by atoms with Gasteiger partial charge < -0.3 is 15.2 Å². The van der Waals surface area contributed by atoms with E-state index in [4.69, 9.17) is 9.84 Å². The molecule has 26 heavy (non-hydrogen) atoms. The lowest BCUT2D eigenvalue weighted by Gasteiger charge is -2.13. The van der Waals surface area contributed by atoms with Crippen LogP contribution in [0.4, 0.5) is 5.69 Å². The summed E-state index contributed by atoms with van der Waals surface area (Å²) in [5, 5.41) is 14.5. The van der Waals surface area contributed by atoms with Crippen LogP contribution in [-0.2, 0) is 9.59 Å². The quantitative estimate of drug-likeness (QED) is 0.639. The maximum absolute atomic E-state index is 12.0. The molecular formula is C20H24N2O4. The Bertz CT molecular complexity index is 744. The predicted octanol–water partition coefficient (Wildman–Crippen LogP) is 3.57. The third kappa shape index (κ3) is 6.22. The maximum atomic E-state index is 12.0. The van der Waals surface area contributed by atoms with E-state index in [9.17, 15) is 9.59 Å². The molecule has 2 rings (SSSR count). The number of rotatable bonds is 9. The maximum Gasteiger partial charge on any atom is 0.320 e. The van der Waals surface area contributed by atoms with Crippen LogP contribution in [0.25, 0.3) is 0 Å². The van der Waals surface area contributed by atoms with Crippen LogP contribution in [0, 0.1) is 6.92 Å². The minimum absolute atomic E-state index is 0.0570. The number of hydrogen-bond donors (Lipinski definition) is 3. The van der Waals surface area contributed by atoms with Crippen LogP contribution in [0.5, 0.6) is 11.5 Å². The second-order valence-corrected chi connectivity index (χ2v) is 6.05. The van der Waals surface area contributed by atoms with E-state index < -0.39 is 12.0 Å². The van der Waals surface area contributed by atoms with Gasteiger partial charge >= 0.3 is 5.97 Å². The van der Waals surface area contributed by atoms with Crippen molar-refractivity contribution in [3.8, 4) is 11.5 Å². The second kappa shape index (κ2) is 9.58. The zero-order chi connectivity index (χ0) is 18.9. The Labute approximate surface area is 153 Å². The highest BCUT2D eigenvalue weighted by Gasteiger charge is 2.16. The summed E-state index contributed by atoms with van der Waals surface area (Å²) in [4.78, 5) is 23.0. The Hall–Kier alpha value is -2.86. The highest BCUT2D eigenvalue weighted by atomic mass is 16.5. The van der Waals surface area contributed by atoms with Gasteiger partial charge in [-0.15, -0.1) is 0 Å². The summed E-state index contributed by atoms with van der Waals surface area (Å²) in [6.07, 6.45) is 1.21. The molecular weight excluding hydrogens is 332 g/mol. The third-order valence-corrected chi connectivity index (χ3v) is 3.75. The molecule has 0 fully saturated rings. The zero-order valence-corrected chi connectivity index (χ0v) is 15.0. The normalized spacial score (nSPS) is 11.6. The number of hydrogen-bond acceptors (Lipinski definition) is 4. The summed E-state index contributed by atoms with van der Waals surface area (Å²) in [7, 11) is 0. The molecule has 138 valence electrons. The fraction of sp³-hybridized carbons (Fsp3) is 0.300. The molecule has 6 nitrogen and oxygen atoms in total. The van der Waals surface area contributed by atoms with Crippen molar-refractivity contribution in [2.45, 2.75) is 32.7 Å². The number of aliphatic carboxylic acids is 1. The standard InChI is InChI=1S/C20H24N2O4/c1-3-5-18(20(24)25)21-13-19(23)22-15-8-10-16(11-9-15)26-17-7-4-6-14(2)12-17/h4,6-12,18,21H,3,5,13H2,1-2H3,(H,22,23)(H,24,25). The zero-order valence-electron chi connectivity index (χ0n) is 15.0. The average molecular weight is 356 g/mol. The Morgan fingerprint density at radius 1 is 1.12 bits per heavy atom. The Kier molecular flexibility index (Phi) is 7.17. The number of amides is 1. The number of aryl methyl sites for hydroxylation is 1. The van der Waals surface area contributed by atoms with E-state index in [1.54, 1.807) is 24.3 Å². The van der Waals surface area contributed by atoms with Crippen LogP contribution in [0.3, 0.4) is 0 Å². The molecule has 1 atom stereocenters. The number of nitrogens with one attached hydrogen (secondary N) is 2. The minimum atomic E-state index is -0.947. The molecule has 0 aliphatic heterocycles. The SMILES string of the molecule is CCCC(NCC(=O)Nc1ccc(Oc2cccc(C)c2)cc1)C(=O)O. The van der Waals surface area contributed by atoms with Gasteiger partial charge in [-0.3, -0.25) is 14.9 Å². The van der Waals surface area contributed by atoms with Crippen molar-refractivity contribution in [1.29, 1.82) is 0 Å². The van der Waals surface area contributed by atoms with Gasteiger partial charge in [-0.05, 0) is 55.3 Å². The van der Waals surface area contributed by atoms with Crippen molar-refractivity contribution in [2.75, 3.05) is 11.9 Å². The fourth-order valence-corrected chi connectivity index (χ4v) is 2.44. The molecule has 0 saturated carbocycles. The first-order chi connectivity index (χ1) is 12.5. The summed E-state index contributed by atoms with van der Waals surface area (Å²) in [5.74, 6) is 0.180. The van der Waals surface area contributed by atoms with Gasteiger partial charge in [-0.25, -0.2) is 0 Å². The summed E-state index contributed by atoms with van der Waals surface area (Å²) >= 11 is 0. The molecule has 0 spiro atoms. The lowest BCUT2D eigenvalue weighted by atomic mass is 10.2. The molecule has 0 bridgehead atoms. The van der Waals surface area contributed by atoms with Crippen molar-refractivity contribution in [3.63, 3.8) is 0 Å². The van der Waals surface area contributed by atoms with Crippen LogP contribution >= 0.6 is 0 Å². The summed E-state index contributed by atoms with van der Waals surface area (Å²) in [6.45, 7) is 3.84.